The molecule has 0 aliphatic rings. The molecule has 0 rings (SSSR count). The van der Waals surface area contributed by atoms with Crippen LogP contribution in [0.5, 0.6) is 0 Å². The summed E-state index contributed by atoms with van der Waals surface area (Å²) in [5.74, 6) is 0.0759. The molecule has 19 heteroatoms. The van der Waals surface area contributed by atoms with Crippen LogP contribution < -0.4 is 0 Å². The molecule has 0 aliphatic heterocycles. The Hall–Kier alpha value is -2.46. The van der Waals surface area contributed by atoms with E-state index in [-0.39, 0.29) is 25.7 Å². The number of hydrogen-bond donors (Lipinski definition) is 3. The molecule has 3 N–H and O–H groups in total. The summed E-state index contributed by atoms with van der Waals surface area (Å²) in [6, 6.07) is 0. The Morgan fingerprint density at radius 1 is 0.363 bits per heavy atom. The molecule has 0 aliphatic carbocycles. The van der Waals surface area contributed by atoms with Gasteiger partial charge in [0, 0.05) is 25.7 Å². The summed E-state index contributed by atoms with van der Waals surface area (Å²) < 4.78 is 68.3. The van der Waals surface area contributed by atoms with Crippen molar-refractivity contribution in [3.8, 4) is 0 Å². The molecule has 536 valence electrons. The molecule has 0 saturated carbocycles. The molecule has 91 heavy (non-hydrogen) atoms. The van der Waals surface area contributed by atoms with Crippen LogP contribution in [0.3, 0.4) is 0 Å². The standard InChI is InChI=1S/C72H136O17P2/c1-8-10-11-12-13-14-15-16-17-18-21-27-32-41-48-55-71(76)89-68(60-83-70(75)54-47-40-35-34-38-45-52-65(7)9-2)62-87-91(80,81)85-58-66(73)57-84-90(78,79)86-61-67(88-72(77)56-49-42-33-28-23-25-30-37-44-51-64(5)6)59-82-69(74)53-46-39-31-26-22-19-20-24-29-36-43-50-63(3)4/h14-17,63-68,73H,8-13,18-62H2,1-7H3,(H,78,79)(H,80,81)/b15-14-,17-16-/t65?,66-,67-,68-/m1/s1. The van der Waals surface area contributed by atoms with Gasteiger partial charge in [-0.05, 0) is 69.1 Å². The summed E-state index contributed by atoms with van der Waals surface area (Å²) in [6.07, 6.45) is 49.4. The maximum atomic E-state index is 13.0. The fraction of sp³-hybridized carbons (Fsp3) is 0.889. The maximum Gasteiger partial charge on any atom is 0.472 e. The van der Waals surface area contributed by atoms with Crippen molar-refractivity contribution >= 4 is 39.5 Å². The number of aliphatic hydroxyl groups excluding tert-OH is 1. The Kier molecular flexibility index (Phi) is 60.7. The molecule has 0 aromatic heterocycles. The van der Waals surface area contributed by atoms with Crippen molar-refractivity contribution in [3.63, 3.8) is 0 Å². The van der Waals surface area contributed by atoms with Crippen molar-refractivity contribution in [1.82, 2.24) is 0 Å². The van der Waals surface area contributed by atoms with Crippen molar-refractivity contribution in [1.29, 1.82) is 0 Å². The van der Waals surface area contributed by atoms with Gasteiger partial charge in [0.2, 0.25) is 0 Å². The molecule has 0 amide bonds. The van der Waals surface area contributed by atoms with Crippen LogP contribution in [0.2, 0.25) is 0 Å². The number of unbranched alkanes of at least 4 members (excludes halogenated alkanes) is 32. The van der Waals surface area contributed by atoms with Crippen LogP contribution in [0.25, 0.3) is 0 Å². The highest BCUT2D eigenvalue weighted by Gasteiger charge is 2.30. The van der Waals surface area contributed by atoms with E-state index in [2.05, 4.69) is 72.8 Å². The first-order valence-corrected chi connectivity index (χ1v) is 39.7. The third-order valence-electron chi connectivity index (χ3n) is 16.4. The van der Waals surface area contributed by atoms with E-state index in [1.807, 2.05) is 0 Å². The van der Waals surface area contributed by atoms with E-state index in [1.165, 1.54) is 128 Å². The van der Waals surface area contributed by atoms with E-state index in [1.54, 1.807) is 0 Å². The molecule has 0 heterocycles. The molecule has 0 saturated heterocycles. The van der Waals surface area contributed by atoms with Gasteiger partial charge in [0.1, 0.15) is 19.3 Å². The van der Waals surface area contributed by atoms with Crippen LogP contribution in [-0.4, -0.2) is 96.7 Å². The van der Waals surface area contributed by atoms with Crippen molar-refractivity contribution in [2.24, 2.45) is 17.8 Å². The summed E-state index contributed by atoms with van der Waals surface area (Å²) >= 11 is 0. The lowest BCUT2D eigenvalue weighted by atomic mass is 10.00. The number of aliphatic hydroxyl groups is 1. The Morgan fingerprint density at radius 3 is 0.978 bits per heavy atom. The zero-order valence-electron chi connectivity index (χ0n) is 58.8. The topological polar surface area (TPSA) is 237 Å². The van der Waals surface area contributed by atoms with E-state index in [0.717, 1.165) is 127 Å². The van der Waals surface area contributed by atoms with Gasteiger partial charge in [-0.1, -0.05) is 285 Å². The number of carbonyl (C=O) groups excluding carboxylic acids is 4. The van der Waals surface area contributed by atoms with Crippen molar-refractivity contribution < 1.29 is 80.2 Å². The highest BCUT2D eigenvalue weighted by Crippen LogP contribution is 2.45. The van der Waals surface area contributed by atoms with Crippen LogP contribution in [0.15, 0.2) is 24.3 Å². The smallest absolute Gasteiger partial charge is 0.462 e. The highest BCUT2D eigenvalue weighted by atomic mass is 31.2. The fourth-order valence-corrected chi connectivity index (χ4v) is 11.9. The van der Waals surface area contributed by atoms with Crippen molar-refractivity contribution in [2.45, 2.75) is 356 Å². The van der Waals surface area contributed by atoms with Crippen LogP contribution in [-0.2, 0) is 65.4 Å². The average molecular weight is 1340 g/mol. The summed E-state index contributed by atoms with van der Waals surface area (Å²) in [5.41, 5.74) is 0. The normalized spacial score (nSPS) is 14.6. The first-order valence-electron chi connectivity index (χ1n) is 36.7. The van der Waals surface area contributed by atoms with Gasteiger partial charge in [0.05, 0.1) is 26.4 Å². The molecule has 0 fully saturated rings. The van der Waals surface area contributed by atoms with Crippen LogP contribution in [0.4, 0.5) is 0 Å². The van der Waals surface area contributed by atoms with E-state index in [0.29, 0.717) is 25.7 Å². The van der Waals surface area contributed by atoms with Crippen LogP contribution in [0.1, 0.15) is 337 Å². The summed E-state index contributed by atoms with van der Waals surface area (Å²) in [7, 11) is -9.92. The van der Waals surface area contributed by atoms with Gasteiger partial charge in [-0.2, -0.15) is 0 Å². The molecule has 0 radical (unpaired) electrons. The lowest BCUT2D eigenvalue weighted by molar-refractivity contribution is -0.161. The third kappa shape index (κ3) is 64.6. The average Bonchev–Trinajstić information content (AvgIpc) is 3.35. The van der Waals surface area contributed by atoms with Gasteiger partial charge in [-0.25, -0.2) is 9.13 Å². The number of carbonyl (C=O) groups is 4. The second kappa shape index (κ2) is 62.4. The molecule has 3 unspecified atom stereocenters. The minimum absolute atomic E-state index is 0.0837. The van der Waals surface area contributed by atoms with E-state index in [4.69, 9.17) is 37.0 Å². The molecular formula is C72H136O17P2. The Balaban J connectivity index is 5.29. The SMILES string of the molecule is CCCCCC/C=C\C=C/CCCCCCCC(=O)O[C@H](COC(=O)CCCCCCCCC(C)CC)COP(=O)(O)OC[C@H](O)COP(=O)(O)OC[C@@H](COC(=O)CCCCCCCCCCCCCC(C)C)OC(=O)CCCCCCCCCCCC(C)C. The number of allylic oxidation sites excluding steroid dienone is 4. The molecule has 6 atom stereocenters. The van der Waals surface area contributed by atoms with Crippen LogP contribution in [0, 0.1) is 17.8 Å². The first-order chi connectivity index (χ1) is 43.8. The molecule has 0 spiro atoms. The fourth-order valence-electron chi connectivity index (χ4n) is 10.3. The maximum absolute atomic E-state index is 13.0. The van der Waals surface area contributed by atoms with Crippen LogP contribution >= 0.6 is 15.6 Å². The number of rotatable bonds is 68. The number of esters is 4. The number of ether oxygens (including phenoxy) is 4. The predicted molar refractivity (Wildman–Crippen MR) is 367 cm³/mol. The predicted octanol–water partition coefficient (Wildman–Crippen LogP) is 20.2. The Morgan fingerprint density at radius 2 is 0.648 bits per heavy atom. The molecule has 0 aromatic rings. The van der Waals surface area contributed by atoms with E-state index >= 15 is 0 Å². The van der Waals surface area contributed by atoms with Gasteiger partial charge >= 0.3 is 39.5 Å². The second-order valence-electron chi connectivity index (χ2n) is 26.5. The molecule has 0 aromatic carbocycles. The van der Waals surface area contributed by atoms with Crippen molar-refractivity contribution in [2.75, 3.05) is 39.6 Å². The molecule has 0 bridgehead atoms. The number of hydrogen-bond acceptors (Lipinski definition) is 15. The largest absolute Gasteiger partial charge is 0.472 e. The van der Waals surface area contributed by atoms with Gasteiger partial charge in [-0.3, -0.25) is 37.3 Å². The monoisotopic (exact) mass is 1330 g/mol. The quantitative estimate of drug-likeness (QED) is 0.0169. The lowest BCUT2D eigenvalue weighted by Gasteiger charge is -2.21. The molecule has 17 nitrogen and oxygen atoms in total. The molecular weight excluding hydrogens is 1200 g/mol. The Bertz CT molecular complexity index is 1880. The van der Waals surface area contributed by atoms with Gasteiger partial charge < -0.3 is 33.8 Å². The van der Waals surface area contributed by atoms with Gasteiger partial charge in [-0.15, -0.1) is 0 Å². The number of phosphoric ester groups is 2. The highest BCUT2D eigenvalue weighted by molar-refractivity contribution is 7.47. The summed E-state index contributed by atoms with van der Waals surface area (Å²) in [4.78, 5) is 72.6. The second-order valence-corrected chi connectivity index (χ2v) is 29.4. The minimum atomic E-state index is -4.96. The Labute approximate surface area is 554 Å². The summed E-state index contributed by atoms with van der Waals surface area (Å²) in [5, 5.41) is 10.6. The van der Waals surface area contributed by atoms with Gasteiger partial charge in [0.15, 0.2) is 12.2 Å². The van der Waals surface area contributed by atoms with Crippen molar-refractivity contribution in [3.05, 3.63) is 24.3 Å². The first kappa shape index (κ1) is 88.5. The zero-order valence-corrected chi connectivity index (χ0v) is 60.6. The summed E-state index contributed by atoms with van der Waals surface area (Å²) in [6.45, 7) is 11.7. The van der Waals surface area contributed by atoms with E-state index < -0.39 is 97.5 Å². The third-order valence-corrected chi connectivity index (χ3v) is 18.3. The van der Waals surface area contributed by atoms with E-state index in [9.17, 15) is 43.2 Å². The van der Waals surface area contributed by atoms with Gasteiger partial charge in [0.25, 0.3) is 0 Å². The lowest BCUT2D eigenvalue weighted by Crippen LogP contribution is -2.30. The zero-order chi connectivity index (χ0) is 67.3. The number of phosphoric acid groups is 2. The minimum Gasteiger partial charge on any atom is -0.462 e.